The molecular weight excluding hydrogens is 883 g/mol. The van der Waals surface area contributed by atoms with Gasteiger partial charge in [-0.15, -0.1) is 20.5 Å². The predicted octanol–water partition coefficient (Wildman–Crippen LogP) is 4.94. The first-order valence-corrected chi connectivity index (χ1v) is 22.6. The van der Waals surface area contributed by atoms with Crippen LogP contribution in [0.3, 0.4) is 0 Å². The summed E-state index contributed by atoms with van der Waals surface area (Å²) < 4.78 is 108. The first-order valence-electron chi connectivity index (χ1n) is 18.3. The second kappa shape index (κ2) is 18.1. The van der Waals surface area contributed by atoms with Gasteiger partial charge in [-0.2, -0.15) is 0 Å². The standard InChI is InChI=1S/C44H30N6O8S3.2Na/c51-59(52)41-33(21-25-37(43(41)60(53,54)55)47-49-39-31-17-9-7-11-27(31)19-23-35(39)45-29-13-3-1-4-14-29)34-22-26-38(44(42(34)59)61(56,57)58)48-50-40-32-18-10-8-12-28(32)20-24-36(40)46-30-15-5-2-6-16-30;;/h1-26,45-46H,(H,53,54,55)(H,56,57,58);;/q;2*+1/p-2. The number of anilines is 4. The number of rotatable bonds is 10. The summed E-state index contributed by atoms with van der Waals surface area (Å²) in [6.45, 7) is 0. The van der Waals surface area contributed by atoms with Gasteiger partial charge in [-0.25, -0.2) is 25.3 Å². The van der Waals surface area contributed by atoms with Crippen LogP contribution in [0.2, 0.25) is 0 Å². The minimum Gasteiger partial charge on any atom is -0.744 e. The number of hydrogen-bond acceptors (Lipinski definition) is 14. The van der Waals surface area contributed by atoms with Crippen LogP contribution in [0.25, 0.3) is 32.7 Å². The Balaban J connectivity index is 0.00000298. The second-order valence-electron chi connectivity index (χ2n) is 13.7. The van der Waals surface area contributed by atoms with Gasteiger partial charge in [-0.1, -0.05) is 109 Å². The van der Waals surface area contributed by atoms with Crippen LogP contribution in [0.4, 0.5) is 45.5 Å². The van der Waals surface area contributed by atoms with E-state index >= 15 is 0 Å². The van der Waals surface area contributed by atoms with E-state index in [-0.39, 0.29) is 81.6 Å². The van der Waals surface area contributed by atoms with Gasteiger partial charge in [0.05, 0.1) is 21.2 Å². The third kappa shape index (κ3) is 8.87. The Kier molecular flexibility index (Phi) is 13.2. The zero-order valence-electron chi connectivity index (χ0n) is 33.3. The van der Waals surface area contributed by atoms with Crippen molar-refractivity contribution < 1.29 is 93.5 Å². The van der Waals surface area contributed by atoms with Gasteiger partial charge in [-0.05, 0) is 59.3 Å². The van der Waals surface area contributed by atoms with E-state index in [4.69, 9.17) is 0 Å². The van der Waals surface area contributed by atoms with Crippen LogP contribution in [0.5, 0.6) is 0 Å². The molecule has 2 N–H and O–H groups in total. The van der Waals surface area contributed by atoms with Crippen LogP contribution in [0, 0.1) is 0 Å². The monoisotopic (exact) mass is 910 g/mol. The molecule has 0 unspecified atom stereocenters. The van der Waals surface area contributed by atoms with E-state index in [9.17, 15) is 34.4 Å². The zero-order chi connectivity index (χ0) is 42.5. The number of hydrogen-bond donors (Lipinski definition) is 2. The van der Waals surface area contributed by atoms with Gasteiger partial charge in [0.1, 0.15) is 52.8 Å². The molecule has 0 aliphatic carbocycles. The molecule has 0 saturated carbocycles. The van der Waals surface area contributed by atoms with Crippen LogP contribution in [-0.2, 0) is 30.1 Å². The van der Waals surface area contributed by atoms with Crippen LogP contribution < -0.4 is 69.7 Å². The van der Waals surface area contributed by atoms with Gasteiger partial charge in [0.2, 0.25) is 9.84 Å². The molecule has 8 aromatic rings. The summed E-state index contributed by atoms with van der Waals surface area (Å²) in [6.07, 6.45) is 0. The summed E-state index contributed by atoms with van der Waals surface area (Å²) in [4.78, 5) is -4.63. The maximum Gasteiger partial charge on any atom is 1.00 e. The molecule has 0 radical (unpaired) electrons. The molecule has 1 aliphatic heterocycles. The molecule has 9 rings (SSSR count). The second-order valence-corrected chi connectivity index (χ2v) is 18.2. The summed E-state index contributed by atoms with van der Waals surface area (Å²) >= 11 is 0. The fourth-order valence-corrected chi connectivity index (χ4v) is 11.8. The SMILES string of the molecule is O=S(=O)([O-])c1c(N=Nc2c(Nc3ccccc3)ccc3ccccc23)ccc2c1S(=O)(=O)c1c-2ccc(N=Nc2c(Nc3ccccc3)ccc3ccccc23)c1S(=O)(=O)[O-].[Na+].[Na+]. The third-order valence-electron chi connectivity index (χ3n) is 9.93. The predicted molar refractivity (Wildman–Crippen MR) is 229 cm³/mol. The molecule has 0 bridgehead atoms. The van der Waals surface area contributed by atoms with E-state index in [2.05, 4.69) is 31.1 Å². The molecule has 0 amide bonds. The molecule has 19 heteroatoms. The minimum atomic E-state index is -5.68. The number of sulfone groups is 1. The van der Waals surface area contributed by atoms with E-state index in [0.29, 0.717) is 33.5 Å². The Morgan fingerprint density at radius 1 is 0.429 bits per heavy atom. The van der Waals surface area contributed by atoms with Crippen molar-refractivity contribution in [3.8, 4) is 11.1 Å². The maximum absolute atomic E-state index is 14.6. The molecule has 14 nitrogen and oxygen atoms in total. The fraction of sp³-hybridized carbons (Fsp3) is 0. The largest absolute Gasteiger partial charge is 1.00 e. The van der Waals surface area contributed by atoms with Crippen molar-refractivity contribution in [2.45, 2.75) is 19.6 Å². The Morgan fingerprint density at radius 3 is 1.17 bits per heavy atom. The normalized spacial score (nSPS) is 13.0. The molecule has 0 aromatic heterocycles. The number of nitrogens with zero attached hydrogens (tertiary/aromatic N) is 4. The molecule has 0 fully saturated rings. The molecule has 63 heavy (non-hydrogen) atoms. The molecule has 0 atom stereocenters. The van der Waals surface area contributed by atoms with Gasteiger partial charge in [0, 0.05) is 33.3 Å². The Bertz CT molecular complexity index is 3280. The average molecular weight is 911 g/mol. The Morgan fingerprint density at radius 2 is 0.794 bits per heavy atom. The van der Waals surface area contributed by atoms with E-state index in [1.54, 1.807) is 36.4 Å². The first-order chi connectivity index (χ1) is 29.3. The van der Waals surface area contributed by atoms with Crippen LogP contribution in [0.15, 0.2) is 198 Å². The van der Waals surface area contributed by atoms with E-state index in [1.807, 2.05) is 97.1 Å². The van der Waals surface area contributed by atoms with E-state index < -0.39 is 61.0 Å². The maximum atomic E-state index is 14.6. The van der Waals surface area contributed by atoms with Crippen molar-refractivity contribution >= 4 is 97.1 Å². The number of nitrogens with one attached hydrogen (secondary N) is 2. The number of azo groups is 2. The van der Waals surface area contributed by atoms with Crippen LogP contribution in [0.1, 0.15) is 0 Å². The molecule has 302 valence electrons. The van der Waals surface area contributed by atoms with Gasteiger partial charge in [-0.3, -0.25) is 0 Å². The average Bonchev–Trinajstić information content (AvgIpc) is 3.47. The van der Waals surface area contributed by atoms with Gasteiger partial charge < -0.3 is 19.7 Å². The minimum absolute atomic E-state index is 0. The zero-order valence-corrected chi connectivity index (χ0v) is 39.7. The first kappa shape index (κ1) is 45.9. The van der Waals surface area contributed by atoms with Crippen molar-refractivity contribution in [2.24, 2.45) is 20.5 Å². The summed E-state index contributed by atoms with van der Waals surface area (Å²) in [7, 11) is -16.6. The van der Waals surface area contributed by atoms with Crippen LogP contribution >= 0.6 is 0 Å². The molecular formula is C44H28N6Na2O8S3. The van der Waals surface area contributed by atoms with E-state index in [1.165, 1.54) is 12.1 Å². The summed E-state index contributed by atoms with van der Waals surface area (Å²) in [6, 6.07) is 44.2. The topological polar surface area (TPSA) is 222 Å². The van der Waals surface area contributed by atoms with Crippen molar-refractivity contribution in [3.05, 3.63) is 158 Å². The third-order valence-corrected chi connectivity index (χ3v) is 13.9. The smallest absolute Gasteiger partial charge is 0.744 e. The molecule has 1 heterocycles. The summed E-state index contributed by atoms with van der Waals surface area (Å²) in [5.41, 5.74) is 0.852. The number of fused-ring (bicyclic) bond motifs is 5. The van der Waals surface area contributed by atoms with Gasteiger partial charge >= 0.3 is 59.1 Å². The van der Waals surface area contributed by atoms with Crippen LogP contribution in [-0.4, -0.2) is 34.4 Å². The Hall–Kier alpha value is -5.15. The van der Waals surface area contributed by atoms with Crippen molar-refractivity contribution in [3.63, 3.8) is 0 Å². The fourth-order valence-electron chi connectivity index (χ4n) is 7.29. The Labute approximate surface area is 406 Å². The van der Waals surface area contributed by atoms with Crippen molar-refractivity contribution in [1.82, 2.24) is 0 Å². The van der Waals surface area contributed by atoms with Crippen molar-refractivity contribution in [1.29, 1.82) is 0 Å². The molecule has 1 aliphatic rings. The van der Waals surface area contributed by atoms with E-state index in [0.717, 1.165) is 22.9 Å². The van der Waals surface area contributed by atoms with Crippen molar-refractivity contribution in [2.75, 3.05) is 10.6 Å². The van der Waals surface area contributed by atoms with Gasteiger partial charge in [0.15, 0.2) is 0 Å². The molecule has 8 aromatic carbocycles. The number of benzene rings is 8. The number of para-hydroxylation sites is 2. The molecule has 0 spiro atoms. The summed E-state index contributed by atoms with van der Waals surface area (Å²) in [5, 5.41) is 26.2. The quantitative estimate of drug-likeness (QED) is 0.107. The van der Waals surface area contributed by atoms with Gasteiger partial charge in [0.25, 0.3) is 0 Å². The summed E-state index contributed by atoms with van der Waals surface area (Å²) in [5.74, 6) is 0. The molecule has 0 saturated heterocycles.